The van der Waals surface area contributed by atoms with Gasteiger partial charge in [0, 0.05) is 12.3 Å². The van der Waals surface area contributed by atoms with Crippen LogP contribution in [0.3, 0.4) is 0 Å². The summed E-state index contributed by atoms with van der Waals surface area (Å²) in [5, 5.41) is 8.24. The molecule has 1 aromatic carbocycles. The van der Waals surface area contributed by atoms with Crippen molar-refractivity contribution in [3.8, 4) is 0 Å². The molecule has 5 heteroatoms. The van der Waals surface area contributed by atoms with E-state index in [1.54, 1.807) is 21.5 Å². The standard InChI is InChI=1S/C16H16N4O/c1-13-5-4-6-14(9-13)10-20-12-15(17-18-20)11-19-8-3-2-7-16(19)21/h2-9,12H,10-11H2,1H3. The average molecular weight is 280 g/mol. The number of hydrogen-bond acceptors (Lipinski definition) is 3. The fraction of sp³-hybridized carbons (Fsp3) is 0.188. The third-order valence-corrected chi connectivity index (χ3v) is 3.24. The molecule has 0 spiro atoms. The van der Waals surface area contributed by atoms with Gasteiger partial charge in [-0.05, 0) is 18.6 Å². The first-order valence-corrected chi connectivity index (χ1v) is 6.81. The summed E-state index contributed by atoms with van der Waals surface area (Å²) in [6.07, 6.45) is 3.63. The first-order chi connectivity index (χ1) is 10.2. The predicted octanol–water partition coefficient (Wildman–Crippen LogP) is 1.84. The molecular formula is C16H16N4O. The first kappa shape index (κ1) is 13.3. The van der Waals surface area contributed by atoms with E-state index in [2.05, 4.69) is 35.4 Å². The highest BCUT2D eigenvalue weighted by atomic mass is 16.1. The van der Waals surface area contributed by atoms with E-state index >= 15 is 0 Å². The van der Waals surface area contributed by atoms with Crippen LogP contribution in [0.5, 0.6) is 0 Å². The van der Waals surface area contributed by atoms with Crippen molar-refractivity contribution < 1.29 is 0 Å². The summed E-state index contributed by atoms with van der Waals surface area (Å²) in [5.74, 6) is 0. The van der Waals surface area contributed by atoms with Gasteiger partial charge in [-0.15, -0.1) is 5.10 Å². The van der Waals surface area contributed by atoms with Gasteiger partial charge in [0.25, 0.3) is 5.56 Å². The molecule has 0 aliphatic heterocycles. The van der Waals surface area contributed by atoms with Gasteiger partial charge in [-0.2, -0.15) is 0 Å². The van der Waals surface area contributed by atoms with Crippen molar-refractivity contribution >= 4 is 0 Å². The van der Waals surface area contributed by atoms with Gasteiger partial charge in [-0.25, -0.2) is 4.68 Å². The van der Waals surface area contributed by atoms with E-state index in [1.807, 2.05) is 18.3 Å². The van der Waals surface area contributed by atoms with Crippen LogP contribution in [-0.4, -0.2) is 19.6 Å². The molecule has 5 nitrogen and oxygen atoms in total. The van der Waals surface area contributed by atoms with Crippen molar-refractivity contribution in [2.75, 3.05) is 0 Å². The third-order valence-electron chi connectivity index (χ3n) is 3.24. The highest BCUT2D eigenvalue weighted by molar-refractivity contribution is 5.22. The third kappa shape index (κ3) is 3.25. The Labute approximate surface area is 122 Å². The Morgan fingerprint density at radius 2 is 2.00 bits per heavy atom. The molecule has 0 bridgehead atoms. The Morgan fingerprint density at radius 1 is 1.10 bits per heavy atom. The first-order valence-electron chi connectivity index (χ1n) is 6.81. The van der Waals surface area contributed by atoms with E-state index in [1.165, 1.54) is 17.2 Å². The fourth-order valence-electron chi connectivity index (χ4n) is 2.25. The largest absolute Gasteiger partial charge is 0.309 e. The van der Waals surface area contributed by atoms with E-state index in [-0.39, 0.29) is 5.56 Å². The molecule has 2 heterocycles. The van der Waals surface area contributed by atoms with Crippen LogP contribution in [-0.2, 0) is 13.1 Å². The highest BCUT2D eigenvalue weighted by Crippen LogP contribution is 2.06. The SMILES string of the molecule is Cc1cccc(Cn2cc(Cn3ccccc3=O)nn2)c1. The van der Waals surface area contributed by atoms with Gasteiger partial charge in [-0.3, -0.25) is 4.79 Å². The Bertz CT molecular complexity index is 804. The van der Waals surface area contributed by atoms with Gasteiger partial charge in [0.15, 0.2) is 0 Å². The van der Waals surface area contributed by atoms with Crippen LogP contribution >= 0.6 is 0 Å². The van der Waals surface area contributed by atoms with Crippen LogP contribution in [0.25, 0.3) is 0 Å². The van der Waals surface area contributed by atoms with Crippen molar-refractivity contribution in [1.82, 2.24) is 19.6 Å². The van der Waals surface area contributed by atoms with Crippen molar-refractivity contribution in [2.24, 2.45) is 0 Å². The van der Waals surface area contributed by atoms with Gasteiger partial charge in [0.2, 0.25) is 0 Å². The number of rotatable bonds is 4. The molecule has 0 fully saturated rings. The second kappa shape index (κ2) is 5.75. The molecule has 0 unspecified atom stereocenters. The van der Waals surface area contributed by atoms with E-state index < -0.39 is 0 Å². The van der Waals surface area contributed by atoms with Gasteiger partial charge in [0.1, 0.15) is 5.69 Å². The minimum atomic E-state index is -0.0364. The summed E-state index contributed by atoms with van der Waals surface area (Å²) >= 11 is 0. The summed E-state index contributed by atoms with van der Waals surface area (Å²) in [6, 6.07) is 13.4. The molecule has 0 aliphatic carbocycles. The molecule has 0 N–H and O–H groups in total. The second-order valence-corrected chi connectivity index (χ2v) is 5.06. The quantitative estimate of drug-likeness (QED) is 0.733. The number of pyridine rings is 1. The number of nitrogens with zero attached hydrogens (tertiary/aromatic N) is 4. The molecule has 0 amide bonds. The Kier molecular flexibility index (Phi) is 3.64. The maximum absolute atomic E-state index is 11.7. The van der Waals surface area contributed by atoms with E-state index in [4.69, 9.17) is 0 Å². The smallest absolute Gasteiger partial charge is 0.250 e. The van der Waals surface area contributed by atoms with Crippen molar-refractivity contribution in [3.05, 3.63) is 82.0 Å². The number of benzene rings is 1. The molecular weight excluding hydrogens is 264 g/mol. The molecule has 3 aromatic rings. The molecule has 0 atom stereocenters. The Morgan fingerprint density at radius 3 is 2.81 bits per heavy atom. The zero-order chi connectivity index (χ0) is 14.7. The monoisotopic (exact) mass is 280 g/mol. The van der Waals surface area contributed by atoms with E-state index in [0.717, 1.165) is 5.69 Å². The topological polar surface area (TPSA) is 52.7 Å². The van der Waals surface area contributed by atoms with Crippen LogP contribution < -0.4 is 5.56 Å². The molecule has 0 saturated heterocycles. The highest BCUT2D eigenvalue weighted by Gasteiger charge is 2.03. The lowest BCUT2D eigenvalue weighted by atomic mass is 10.1. The van der Waals surface area contributed by atoms with E-state index in [0.29, 0.717) is 13.1 Å². The molecule has 0 radical (unpaired) electrons. The Balaban J connectivity index is 1.75. The average Bonchev–Trinajstić information content (AvgIpc) is 2.89. The molecule has 3 rings (SSSR count). The van der Waals surface area contributed by atoms with Crippen molar-refractivity contribution in [1.29, 1.82) is 0 Å². The minimum Gasteiger partial charge on any atom is -0.309 e. The van der Waals surface area contributed by atoms with Gasteiger partial charge in [0.05, 0.1) is 19.3 Å². The number of aryl methyl sites for hydroxylation is 1. The summed E-state index contributed by atoms with van der Waals surface area (Å²) in [7, 11) is 0. The molecule has 21 heavy (non-hydrogen) atoms. The zero-order valence-electron chi connectivity index (χ0n) is 11.8. The summed E-state index contributed by atoms with van der Waals surface area (Å²) < 4.78 is 3.40. The maximum Gasteiger partial charge on any atom is 0.250 e. The predicted molar refractivity (Wildman–Crippen MR) is 80.1 cm³/mol. The zero-order valence-corrected chi connectivity index (χ0v) is 11.8. The van der Waals surface area contributed by atoms with E-state index in [9.17, 15) is 4.79 Å². The lowest BCUT2D eigenvalue weighted by molar-refractivity contribution is 0.648. The normalized spacial score (nSPS) is 10.7. The summed E-state index contributed by atoms with van der Waals surface area (Å²) in [4.78, 5) is 11.7. The lowest BCUT2D eigenvalue weighted by Gasteiger charge is -2.02. The fourth-order valence-corrected chi connectivity index (χ4v) is 2.25. The summed E-state index contributed by atoms with van der Waals surface area (Å²) in [5.41, 5.74) is 3.15. The molecule has 0 aliphatic rings. The number of hydrogen-bond donors (Lipinski definition) is 0. The van der Waals surface area contributed by atoms with Crippen LogP contribution in [0, 0.1) is 6.92 Å². The van der Waals surface area contributed by atoms with Gasteiger partial charge >= 0.3 is 0 Å². The molecule has 0 saturated carbocycles. The van der Waals surface area contributed by atoms with Crippen LogP contribution in [0.1, 0.15) is 16.8 Å². The maximum atomic E-state index is 11.7. The lowest BCUT2D eigenvalue weighted by Crippen LogP contribution is -2.18. The summed E-state index contributed by atoms with van der Waals surface area (Å²) in [6.45, 7) is 3.18. The molecule has 106 valence electrons. The van der Waals surface area contributed by atoms with Crippen molar-refractivity contribution in [3.63, 3.8) is 0 Å². The van der Waals surface area contributed by atoms with Gasteiger partial charge < -0.3 is 4.57 Å². The molecule has 2 aromatic heterocycles. The van der Waals surface area contributed by atoms with Crippen molar-refractivity contribution in [2.45, 2.75) is 20.0 Å². The second-order valence-electron chi connectivity index (χ2n) is 5.06. The van der Waals surface area contributed by atoms with Crippen LogP contribution in [0.2, 0.25) is 0 Å². The van der Waals surface area contributed by atoms with Crippen LogP contribution in [0.15, 0.2) is 59.7 Å². The van der Waals surface area contributed by atoms with Gasteiger partial charge in [-0.1, -0.05) is 41.1 Å². The van der Waals surface area contributed by atoms with Crippen LogP contribution in [0.4, 0.5) is 0 Å². The Hall–Kier alpha value is -2.69. The number of aromatic nitrogens is 4. The minimum absolute atomic E-state index is 0.0364.